The Kier molecular flexibility index (Phi) is 6.17. The van der Waals surface area contributed by atoms with Crippen molar-refractivity contribution in [1.29, 1.82) is 0 Å². The van der Waals surface area contributed by atoms with Gasteiger partial charge < -0.3 is 5.32 Å². The van der Waals surface area contributed by atoms with Gasteiger partial charge >= 0.3 is 12.2 Å². The molecule has 2 aromatic carbocycles. The number of carbonyl (C=O) groups is 1. The van der Waals surface area contributed by atoms with Crippen LogP contribution in [0.2, 0.25) is 10.0 Å². The molecule has 1 aliphatic rings. The van der Waals surface area contributed by atoms with E-state index in [0.717, 1.165) is 28.3 Å². The summed E-state index contributed by atoms with van der Waals surface area (Å²) >= 11 is 12.0. The zero-order valence-electron chi connectivity index (χ0n) is 16.5. The first-order valence-electron chi connectivity index (χ1n) is 9.71. The van der Waals surface area contributed by atoms with Crippen LogP contribution in [-0.4, -0.2) is 16.8 Å². The van der Waals surface area contributed by atoms with Gasteiger partial charge in [0.25, 0.3) is 0 Å². The molecule has 0 saturated heterocycles. The highest BCUT2D eigenvalue weighted by Crippen LogP contribution is 2.35. The van der Waals surface area contributed by atoms with Crippen LogP contribution in [0.25, 0.3) is 22.3 Å². The van der Waals surface area contributed by atoms with Gasteiger partial charge in [-0.3, -0.25) is 4.57 Å². The van der Waals surface area contributed by atoms with Crippen molar-refractivity contribution >= 4 is 29.2 Å². The number of hydrogen-bond acceptors (Lipinski definition) is 1. The van der Waals surface area contributed by atoms with E-state index in [-0.39, 0.29) is 6.42 Å². The van der Waals surface area contributed by atoms with Crippen LogP contribution in [0.15, 0.2) is 84.8 Å². The number of amides is 1. The highest BCUT2D eigenvalue weighted by molar-refractivity contribution is 6.31. The standard InChI is InChI=1S/C24H17Cl2F3N2O/c25-18-7-1-15(2-8-18)21-13-31(14-22(21)16-3-9-19(26)10-4-16)23(32)30-20-11-5-17(6-12-20)24(27,28)29/h1-5,7-14,17H,6H2,(H,30,32). The van der Waals surface area contributed by atoms with Gasteiger partial charge in [-0.05, 0) is 47.9 Å². The molecule has 4 rings (SSSR count). The molecule has 32 heavy (non-hydrogen) atoms. The van der Waals surface area contributed by atoms with Crippen molar-refractivity contribution in [2.24, 2.45) is 5.92 Å². The van der Waals surface area contributed by atoms with Gasteiger partial charge in [-0.1, -0.05) is 59.6 Å². The molecule has 1 unspecified atom stereocenters. The van der Waals surface area contributed by atoms with Gasteiger partial charge in [-0.15, -0.1) is 0 Å². The molecule has 8 heteroatoms. The molecule has 1 atom stereocenters. The van der Waals surface area contributed by atoms with Gasteiger partial charge in [0.15, 0.2) is 0 Å². The maximum absolute atomic E-state index is 12.8. The molecular weight excluding hydrogens is 460 g/mol. The van der Waals surface area contributed by atoms with E-state index < -0.39 is 18.1 Å². The summed E-state index contributed by atoms with van der Waals surface area (Å²) in [5.41, 5.74) is 3.63. The third-order valence-corrected chi connectivity index (χ3v) is 5.65. The van der Waals surface area contributed by atoms with Crippen LogP contribution in [0.4, 0.5) is 18.0 Å². The Morgan fingerprint density at radius 3 is 1.81 bits per heavy atom. The maximum Gasteiger partial charge on any atom is 0.395 e. The summed E-state index contributed by atoms with van der Waals surface area (Å²) < 4.78 is 39.9. The van der Waals surface area contributed by atoms with Crippen LogP contribution in [0.3, 0.4) is 0 Å². The molecule has 0 radical (unpaired) electrons. The van der Waals surface area contributed by atoms with E-state index in [2.05, 4.69) is 5.32 Å². The lowest BCUT2D eigenvalue weighted by molar-refractivity contribution is -0.160. The third-order valence-electron chi connectivity index (χ3n) is 5.14. The second kappa shape index (κ2) is 8.88. The highest BCUT2D eigenvalue weighted by Gasteiger charge is 2.37. The second-order valence-electron chi connectivity index (χ2n) is 7.34. The van der Waals surface area contributed by atoms with Gasteiger partial charge in [-0.2, -0.15) is 13.2 Å². The number of halogens is 5. The lowest BCUT2D eigenvalue weighted by Gasteiger charge is -2.19. The first-order valence-corrected chi connectivity index (χ1v) is 10.5. The van der Waals surface area contributed by atoms with E-state index in [0.29, 0.717) is 15.7 Å². The van der Waals surface area contributed by atoms with Gasteiger partial charge in [-0.25, -0.2) is 4.79 Å². The normalized spacial score (nSPS) is 16.0. The number of allylic oxidation sites excluding steroid dienone is 3. The molecular formula is C24H17Cl2F3N2O. The second-order valence-corrected chi connectivity index (χ2v) is 8.21. The van der Waals surface area contributed by atoms with Gasteiger partial charge in [0, 0.05) is 39.3 Å². The molecule has 1 aromatic heterocycles. The largest absolute Gasteiger partial charge is 0.395 e. The topological polar surface area (TPSA) is 34.0 Å². The zero-order chi connectivity index (χ0) is 22.9. The van der Waals surface area contributed by atoms with Gasteiger partial charge in [0.05, 0.1) is 5.92 Å². The predicted molar refractivity (Wildman–Crippen MR) is 121 cm³/mol. The Morgan fingerprint density at radius 1 is 0.906 bits per heavy atom. The van der Waals surface area contributed by atoms with Crippen LogP contribution in [0, 0.1) is 5.92 Å². The number of hydrogen-bond donors (Lipinski definition) is 1. The van der Waals surface area contributed by atoms with E-state index in [1.165, 1.54) is 16.7 Å². The van der Waals surface area contributed by atoms with Crippen molar-refractivity contribution in [1.82, 2.24) is 9.88 Å². The molecule has 1 heterocycles. The number of carbonyl (C=O) groups excluding carboxylic acids is 1. The first-order chi connectivity index (χ1) is 15.2. The van der Waals surface area contributed by atoms with Crippen LogP contribution < -0.4 is 5.32 Å². The molecule has 0 fully saturated rings. The maximum atomic E-state index is 12.8. The third kappa shape index (κ3) is 4.92. The van der Waals surface area contributed by atoms with Gasteiger partial charge in [0.1, 0.15) is 0 Å². The first kappa shape index (κ1) is 22.2. The van der Waals surface area contributed by atoms with Crippen molar-refractivity contribution in [3.8, 4) is 22.3 Å². The SMILES string of the molecule is O=C(NC1=CCC(C(F)(F)F)C=C1)n1cc(-c2ccc(Cl)cc2)c(-c2ccc(Cl)cc2)c1. The van der Waals surface area contributed by atoms with E-state index in [1.54, 1.807) is 36.7 Å². The molecule has 1 aliphatic carbocycles. The summed E-state index contributed by atoms with van der Waals surface area (Å²) in [5.74, 6) is -1.54. The number of nitrogens with one attached hydrogen (secondary N) is 1. The molecule has 0 spiro atoms. The van der Waals surface area contributed by atoms with Crippen LogP contribution >= 0.6 is 23.2 Å². The summed E-state index contributed by atoms with van der Waals surface area (Å²) in [5, 5.41) is 3.84. The van der Waals surface area contributed by atoms with Crippen molar-refractivity contribution in [2.75, 3.05) is 0 Å². The van der Waals surface area contributed by atoms with Crippen molar-refractivity contribution in [3.63, 3.8) is 0 Å². The van der Waals surface area contributed by atoms with E-state index in [1.807, 2.05) is 24.3 Å². The number of alkyl halides is 3. The molecule has 0 saturated carbocycles. The molecule has 3 aromatic rings. The average Bonchev–Trinajstić information content (AvgIpc) is 3.20. The summed E-state index contributed by atoms with van der Waals surface area (Å²) in [7, 11) is 0. The molecule has 164 valence electrons. The Morgan fingerprint density at radius 2 is 1.41 bits per heavy atom. The van der Waals surface area contributed by atoms with Crippen LogP contribution in [0.1, 0.15) is 6.42 Å². The minimum absolute atomic E-state index is 0.215. The fraction of sp³-hybridized carbons (Fsp3) is 0.125. The minimum Gasteiger partial charge on any atom is -0.308 e. The smallest absolute Gasteiger partial charge is 0.308 e. The van der Waals surface area contributed by atoms with Crippen molar-refractivity contribution < 1.29 is 18.0 Å². The van der Waals surface area contributed by atoms with E-state index >= 15 is 0 Å². The van der Waals surface area contributed by atoms with Crippen LogP contribution in [-0.2, 0) is 0 Å². The monoisotopic (exact) mass is 476 g/mol. The fourth-order valence-electron chi connectivity index (χ4n) is 3.43. The average molecular weight is 477 g/mol. The number of nitrogens with zero attached hydrogens (tertiary/aromatic N) is 1. The minimum atomic E-state index is -4.30. The zero-order valence-corrected chi connectivity index (χ0v) is 18.0. The summed E-state index contributed by atoms with van der Waals surface area (Å²) in [4.78, 5) is 12.8. The Hall–Kier alpha value is -2.96. The lowest BCUT2D eigenvalue weighted by Crippen LogP contribution is -2.29. The number of benzene rings is 2. The Balaban J connectivity index is 1.63. The van der Waals surface area contributed by atoms with E-state index in [4.69, 9.17) is 23.2 Å². The number of aromatic nitrogens is 1. The Labute approximate surface area is 192 Å². The predicted octanol–water partition coefficient (Wildman–Crippen LogP) is 7.71. The van der Waals surface area contributed by atoms with Crippen molar-refractivity contribution in [3.05, 3.63) is 94.9 Å². The van der Waals surface area contributed by atoms with Crippen LogP contribution in [0.5, 0.6) is 0 Å². The van der Waals surface area contributed by atoms with Crippen molar-refractivity contribution in [2.45, 2.75) is 12.6 Å². The summed E-state index contributed by atoms with van der Waals surface area (Å²) in [6, 6.07) is 14.0. The highest BCUT2D eigenvalue weighted by atomic mass is 35.5. The molecule has 3 nitrogen and oxygen atoms in total. The molecule has 0 aliphatic heterocycles. The quantitative estimate of drug-likeness (QED) is 0.412. The summed E-state index contributed by atoms with van der Waals surface area (Å²) in [6.07, 6.45) is 2.55. The summed E-state index contributed by atoms with van der Waals surface area (Å²) in [6.45, 7) is 0. The molecule has 1 N–H and O–H groups in total. The van der Waals surface area contributed by atoms with E-state index in [9.17, 15) is 18.0 Å². The Bertz CT molecular complexity index is 1130. The fourth-order valence-corrected chi connectivity index (χ4v) is 3.69. The number of rotatable bonds is 3. The lowest BCUT2D eigenvalue weighted by atomic mass is 9.99. The van der Waals surface area contributed by atoms with Gasteiger partial charge in [0.2, 0.25) is 0 Å². The molecule has 1 amide bonds. The molecule has 0 bridgehead atoms.